The molecule has 0 radical (unpaired) electrons. The molecule has 7 heteroatoms. The van der Waals surface area contributed by atoms with Crippen molar-refractivity contribution in [1.29, 1.82) is 0 Å². The number of aromatic nitrogens is 2. The molecule has 1 fully saturated rings. The van der Waals surface area contributed by atoms with E-state index in [1.54, 1.807) is 11.8 Å². The topological polar surface area (TPSA) is 67.2 Å². The van der Waals surface area contributed by atoms with Crippen LogP contribution >= 0.6 is 11.8 Å². The molecule has 1 atom stereocenters. The highest BCUT2D eigenvalue weighted by Crippen LogP contribution is 2.21. The molecule has 2 aliphatic rings. The first-order valence-corrected chi connectivity index (χ1v) is 9.52. The van der Waals surface area contributed by atoms with Crippen LogP contribution < -0.4 is 5.32 Å². The first kappa shape index (κ1) is 17.1. The summed E-state index contributed by atoms with van der Waals surface area (Å²) < 4.78 is 1.87. The summed E-state index contributed by atoms with van der Waals surface area (Å²) in [5.74, 6) is 0.802. The lowest BCUT2D eigenvalue weighted by molar-refractivity contribution is -0.130. The highest BCUT2D eigenvalue weighted by molar-refractivity contribution is 8.00. The molecule has 0 saturated heterocycles. The molecular weight excluding hydrogens is 324 g/mol. The number of carbonyl (C=O) groups is 2. The van der Waals surface area contributed by atoms with Crippen molar-refractivity contribution < 1.29 is 9.59 Å². The molecule has 0 unspecified atom stereocenters. The van der Waals surface area contributed by atoms with E-state index < -0.39 is 0 Å². The predicted octanol–water partition coefficient (Wildman–Crippen LogP) is 1.82. The molecule has 1 aromatic heterocycles. The number of hydrogen-bond donors (Lipinski definition) is 1. The minimum Gasteiger partial charge on any atom is -0.348 e. The Balaban J connectivity index is 1.67. The SMILES string of the molecule is C=CCS[C@@H](C)C(=O)N1CCCn2nc(C(=O)NC3CC3)cc2C1. The highest BCUT2D eigenvalue weighted by Gasteiger charge is 2.28. The van der Waals surface area contributed by atoms with Crippen LogP contribution in [0.5, 0.6) is 0 Å². The predicted molar refractivity (Wildman–Crippen MR) is 94.9 cm³/mol. The number of fused-ring (bicyclic) bond motifs is 1. The minimum atomic E-state index is -0.106. The zero-order valence-corrected chi connectivity index (χ0v) is 14.8. The van der Waals surface area contributed by atoms with Crippen molar-refractivity contribution in [3.8, 4) is 0 Å². The van der Waals surface area contributed by atoms with Gasteiger partial charge in [-0.1, -0.05) is 6.08 Å². The van der Waals surface area contributed by atoms with E-state index in [-0.39, 0.29) is 17.1 Å². The fourth-order valence-electron chi connectivity index (χ4n) is 2.79. The van der Waals surface area contributed by atoms with Crippen LogP contribution in [0.4, 0.5) is 0 Å². The Labute approximate surface area is 146 Å². The van der Waals surface area contributed by atoms with Crippen LogP contribution in [0.25, 0.3) is 0 Å². The maximum absolute atomic E-state index is 12.6. The molecule has 2 heterocycles. The number of carbonyl (C=O) groups excluding carboxylic acids is 2. The Morgan fingerprint density at radius 2 is 2.29 bits per heavy atom. The fourth-order valence-corrected chi connectivity index (χ4v) is 3.51. The first-order valence-electron chi connectivity index (χ1n) is 8.47. The molecule has 6 nitrogen and oxygen atoms in total. The summed E-state index contributed by atoms with van der Waals surface area (Å²) >= 11 is 1.59. The molecular formula is C17H24N4O2S. The molecule has 1 aliphatic carbocycles. The van der Waals surface area contributed by atoms with Crippen LogP contribution in [0, 0.1) is 0 Å². The van der Waals surface area contributed by atoms with Crippen molar-refractivity contribution in [2.45, 2.75) is 50.6 Å². The number of nitrogens with one attached hydrogen (secondary N) is 1. The van der Waals surface area contributed by atoms with Crippen molar-refractivity contribution >= 4 is 23.6 Å². The summed E-state index contributed by atoms with van der Waals surface area (Å²) in [6.45, 7) is 7.62. The largest absolute Gasteiger partial charge is 0.348 e. The van der Waals surface area contributed by atoms with Crippen molar-refractivity contribution in [2.24, 2.45) is 0 Å². The number of aryl methyl sites for hydroxylation is 1. The van der Waals surface area contributed by atoms with Crippen LogP contribution in [-0.2, 0) is 17.9 Å². The van der Waals surface area contributed by atoms with Crippen molar-refractivity contribution in [2.75, 3.05) is 12.3 Å². The normalized spacial score (nSPS) is 18.5. The van der Waals surface area contributed by atoms with E-state index in [0.29, 0.717) is 18.3 Å². The van der Waals surface area contributed by atoms with E-state index in [9.17, 15) is 9.59 Å². The Hall–Kier alpha value is -1.76. The Morgan fingerprint density at radius 1 is 1.50 bits per heavy atom. The second-order valence-corrected chi connectivity index (χ2v) is 7.74. The van der Waals surface area contributed by atoms with Crippen LogP contribution in [0.15, 0.2) is 18.7 Å². The van der Waals surface area contributed by atoms with Gasteiger partial charge in [0.1, 0.15) is 0 Å². The maximum atomic E-state index is 12.6. The summed E-state index contributed by atoms with van der Waals surface area (Å²) in [7, 11) is 0. The zero-order valence-electron chi connectivity index (χ0n) is 14.0. The minimum absolute atomic E-state index is 0.0879. The number of hydrogen-bond acceptors (Lipinski definition) is 4. The summed E-state index contributed by atoms with van der Waals surface area (Å²) in [5, 5.41) is 7.30. The standard InChI is InChI=1S/C17H24N4O2S/c1-3-9-24-12(2)17(23)20-7-4-8-21-14(11-20)10-15(19-21)16(22)18-13-5-6-13/h3,10,12-13H,1,4-9,11H2,2H3,(H,18,22)/t12-/m0/s1. The fraction of sp³-hybridized carbons (Fsp3) is 0.588. The molecule has 1 N–H and O–H groups in total. The molecule has 1 aromatic rings. The summed E-state index contributed by atoms with van der Waals surface area (Å²) in [5.41, 5.74) is 1.39. The van der Waals surface area contributed by atoms with Gasteiger partial charge in [0.15, 0.2) is 5.69 Å². The monoisotopic (exact) mass is 348 g/mol. The quantitative estimate of drug-likeness (QED) is 0.796. The van der Waals surface area contributed by atoms with Crippen LogP contribution in [0.1, 0.15) is 42.4 Å². The Bertz CT molecular complexity index is 639. The maximum Gasteiger partial charge on any atom is 0.272 e. The number of amides is 2. The number of rotatable bonds is 6. The van der Waals surface area contributed by atoms with E-state index in [1.165, 1.54) is 0 Å². The van der Waals surface area contributed by atoms with Gasteiger partial charge in [0.2, 0.25) is 5.91 Å². The third kappa shape index (κ3) is 4.01. The molecule has 0 aromatic carbocycles. The third-order valence-corrected chi connectivity index (χ3v) is 5.41. The molecule has 2 amide bonds. The average molecular weight is 348 g/mol. The van der Waals surface area contributed by atoms with E-state index in [1.807, 2.05) is 28.6 Å². The lowest BCUT2D eigenvalue weighted by Gasteiger charge is -2.23. The van der Waals surface area contributed by atoms with E-state index >= 15 is 0 Å². The van der Waals surface area contributed by atoms with Gasteiger partial charge in [0.05, 0.1) is 17.5 Å². The van der Waals surface area contributed by atoms with Crippen molar-refractivity contribution in [3.05, 3.63) is 30.1 Å². The second-order valence-electron chi connectivity index (χ2n) is 6.37. The zero-order chi connectivity index (χ0) is 17.1. The lowest BCUT2D eigenvalue weighted by Crippen LogP contribution is -2.36. The molecule has 130 valence electrons. The Morgan fingerprint density at radius 3 is 3.00 bits per heavy atom. The summed E-state index contributed by atoms with van der Waals surface area (Å²) in [6.07, 6.45) is 4.78. The molecule has 0 bridgehead atoms. The molecule has 24 heavy (non-hydrogen) atoms. The molecule has 1 aliphatic heterocycles. The van der Waals surface area contributed by atoms with Gasteiger partial charge in [0.25, 0.3) is 5.91 Å². The first-order chi connectivity index (χ1) is 11.6. The van der Waals surface area contributed by atoms with Gasteiger partial charge in [-0.05, 0) is 32.3 Å². The van der Waals surface area contributed by atoms with Gasteiger partial charge in [-0.15, -0.1) is 18.3 Å². The smallest absolute Gasteiger partial charge is 0.272 e. The number of thioether (sulfide) groups is 1. The second kappa shape index (κ2) is 7.42. The average Bonchev–Trinajstić information content (AvgIpc) is 3.33. The van der Waals surface area contributed by atoms with Gasteiger partial charge in [-0.2, -0.15) is 5.10 Å². The summed E-state index contributed by atoms with van der Waals surface area (Å²) in [4.78, 5) is 26.7. The van der Waals surface area contributed by atoms with Crippen LogP contribution in [-0.4, -0.2) is 50.1 Å². The third-order valence-electron chi connectivity index (χ3n) is 4.28. The summed E-state index contributed by atoms with van der Waals surface area (Å²) in [6, 6.07) is 2.14. The van der Waals surface area contributed by atoms with Gasteiger partial charge < -0.3 is 10.2 Å². The molecule has 1 saturated carbocycles. The van der Waals surface area contributed by atoms with E-state index in [0.717, 1.165) is 43.8 Å². The highest BCUT2D eigenvalue weighted by atomic mass is 32.2. The van der Waals surface area contributed by atoms with E-state index in [2.05, 4.69) is 17.0 Å². The van der Waals surface area contributed by atoms with Gasteiger partial charge in [-0.3, -0.25) is 14.3 Å². The van der Waals surface area contributed by atoms with Crippen LogP contribution in [0.3, 0.4) is 0 Å². The van der Waals surface area contributed by atoms with Gasteiger partial charge in [-0.25, -0.2) is 0 Å². The van der Waals surface area contributed by atoms with Gasteiger partial charge in [0, 0.05) is 24.9 Å². The van der Waals surface area contributed by atoms with E-state index in [4.69, 9.17) is 0 Å². The van der Waals surface area contributed by atoms with Crippen molar-refractivity contribution in [1.82, 2.24) is 20.0 Å². The van der Waals surface area contributed by atoms with Gasteiger partial charge >= 0.3 is 0 Å². The lowest BCUT2D eigenvalue weighted by atomic mass is 10.3. The molecule has 3 rings (SSSR count). The number of nitrogens with zero attached hydrogens (tertiary/aromatic N) is 3. The Kier molecular flexibility index (Phi) is 5.28. The van der Waals surface area contributed by atoms with Crippen LogP contribution in [0.2, 0.25) is 0 Å². The molecule has 0 spiro atoms. The van der Waals surface area contributed by atoms with Crippen molar-refractivity contribution in [3.63, 3.8) is 0 Å².